The number of carboxylic acids is 1. The normalized spacial score (nSPS) is 41.2. The number of hydrogen-bond acceptors (Lipinski definition) is 2. The van der Waals surface area contributed by atoms with Crippen molar-refractivity contribution in [1.82, 2.24) is 0 Å². The number of nitrogens with two attached hydrogens (primary N) is 1. The molecule has 0 spiro atoms. The van der Waals surface area contributed by atoms with Gasteiger partial charge < -0.3 is 10.8 Å². The number of carbonyl (C=O) groups is 1. The molecule has 0 aliphatic heterocycles. The predicted molar refractivity (Wildman–Crippen MR) is 53.8 cm³/mol. The molecule has 0 saturated heterocycles. The average Bonchev–Trinajstić information content (AvgIpc) is 2.13. The van der Waals surface area contributed by atoms with E-state index in [1.165, 1.54) is 25.7 Å². The number of aliphatic carboxylic acids is 1. The Morgan fingerprint density at radius 2 is 2.14 bits per heavy atom. The molecule has 0 bridgehead atoms. The van der Waals surface area contributed by atoms with Gasteiger partial charge in [0.05, 0.1) is 6.42 Å². The highest BCUT2D eigenvalue weighted by atomic mass is 16.4. The van der Waals surface area contributed by atoms with Crippen LogP contribution >= 0.6 is 0 Å². The van der Waals surface area contributed by atoms with E-state index in [2.05, 4.69) is 0 Å². The molecule has 2 aliphatic rings. The lowest BCUT2D eigenvalue weighted by molar-refractivity contribution is -0.148. The van der Waals surface area contributed by atoms with E-state index in [1.807, 2.05) is 0 Å². The highest BCUT2D eigenvalue weighted by Crippen LogP contribution is 2.58. The number of rotatable bonds is 3. The quantitative estimate of drug-likeness (QED) is 0.722. The fourth-order valence-corrected chi connectivity index (χ4v) is 3.58. The molecule has 2 aliphatic carbocycles. The molecule has 3 nitrogen and oxygen atoms in total. The molecule has 0 aromatic carbocycles. The van der Waals surface area contributed by atoms with Gasteiger partial charge >= 0.3 is 5.97 Å². The van der Waals surface area contributed by atoms with E-state index in [-0.39, 0.29) is 11.8 Å². The summed E-state index contributed by atoms with van der Waals surface area (Å²) in [4.78, 5) is 10.8. The standard InChI is InChI=1S/C11H19NO2/c12-7-11(6-10(13)14)5-8-3-1-2-4-9(8)11/h8-9H,1-7,12H2,(H,13,14)/t8?,9?,11-/m1/s1. The van der Waals surface area contributed by atoms with E-state index in [1.54, 1.807) is 0 Å². The van der Waals surface area contributed by atoms with Gasteiger partial charge in [-0.15, -0.1) is 0 Å². The summed E-state index contributed by atoms with van der Waals surface area (Å²) in [6.45, 7) is 0.556. The first-order chi connectivity index (χ1) is 6.68. The molecule has 0 heterocycles. The van der Waals surface area contributed by atoms with Gasteiger partial charge in [0.25, 0.3) is 0 Å². The molecule has 2 fully saturated rings. The zero-order valence-corrected chi connectivity index (χ0v) is 8.54. The molecule has 2 rings (SSSR count). The number of carboxylic acid groups (broad SMARTS) is 1. The molecule has 0 aromatic heterocycles. The fraction of sp³-hybridized carbons (Fsp3) is 0.909. The Kier molecular flexibility index (Phi) is 2.52. The summed E-state index contributed by atoms with van der Waals surface area (Å²) in [5, 5.41) is 8.88. The zero-order chi connectivity index (χ0) is 10.2. The first kappa shape index (κ1) is 9.97. The van der Waals surface area contributed by atoms with E-state index in [0.29, 0.717) is 12.5 Å². The van der Waals surface area contributed by atoms with Crippen molar-refractivity contribution in [2.24, 2.45) is 23.0 Å². The number of hydrogen-bond donors (Lipinski definition) is 2. The van der Waals surface area contributed by atoms with Crippen LogP contribution in [-0.4, -0.2) is 17.6 Å². The van der Waals surface area contributed by atoms with Crippen LogP contribution in [0.25, 0.3) is 0 Å². The Bertz CT molecular complexity index is 241. The van der Waals surface area contributed by atoms with Gasteiger partial charge in [-0.05, 0) is 36.6 Å². The molecule has 0 radical (unpaired) electrons. The van der Waals surface area contributed by atoms with Gasteiger partial charge in [0, 0.05) is 0 Å². The van der Waals surface area contributed by atoms with Crippen molar-refractivity contribution in [2.45, 2.75) is 38.5 Å². The molecule has 80 valence electrons. The predicted octanol–water partition coefficient (Wildman–Crippen LogP) is 1.62. The molecule has 0 aromatic rings. The largest absolute Gasteiger partial charge is 0.481 e. The minimum atomic E-state index is -0.681. The lowest BCUT2D eigenvalue weighted by Crippen LogP contribution is -2.54. The van der Waals surface area contributed by atoms with Crippen molar-refractivity contribution < 1.29 is 9.90 Å². The number of fused-ring (bicyclic) bond motifs is 1. The second kappa shape index (κ2) is 3.54. The lowest BCUT2D eigenvalue weighted by atomic mass is 9.48. The SMILES string of the molecule is NC[C@]1(CC(=O)O)CC2CCCCC21. The van der Waals surface area contributed by atoms with Crippen LogP contribution in [0.15, 0.2) is 0 Å². The molecular formula is C11H19NO2. The van der Waals surface area contributed by atoms with Crippen LogP contribution in [0.2, 0.25) is 0 Å². The van der Waals surface area contributed by atoms with Crippen molar-refractivity contribution in [3.8, 4) is 0 Å². The first-order valence-electron chi connectivity index (χ1n) is 5.60. The third-order valence-corrected chi connectivity index (χ3v) is 4.27. The monoisotopic (exact) mass is 197 g/mol. The summed E-state index contributed by atoms with van der Waals surface area (Å²) < 4.78 is 0. The minimum absolute atomic E-state index is 0.0447. The molecule has 0 amide bonds. The van der Waals surface area contributed by atoms with Crippen LogP contribution < -0.4 is 5.73 Å². The van der Waals surface area contributed by atoms with E-state index < -0.39 is 5.97 Å². The first-order valence-corrected chi connectivity index (χ1v) is 5.60. The fourth-order valence-electron chi connectivity index (χ4n) is 3.58. The Labute approximate surface area is 84.7 Å². The second-order valence-electron chi connectivity index (χ2n) is 4.99. The van der Waals surface area contributed by atoms with E-state index in [0.717, 1.165) is 12.3 Å². The molecular weight excluding hydrogens is 178 g/mol. The smallest absolute Gasteiger partial charge is 0.303 e. The van der Waals surface area contributed by atoms with Crippen LogP contribution in [0.3, 0.4) is 0 Å². The van der Waals surface area contributed by atoms with Crippen molar-refractivity contribution in [3.63, 3.8) is 0 Å². The second-order valence-corrected chi connectivity index (χ2v) is 4.99. The summed E-state index contributed by atoms with van der Waals surface area (Å²) in [5.74, 6) is 0.712. The van der Waals surface area contributed by atoms with E-state index >= 15 is 0 Å². The van der Waals surface area contributed by atoms with Crippen LogP contribution in [-0.2, 0) is 4.79 Å². The summed E-state index contributed by atoms with van der Waals surface area (Å²) in [5.41, 5.74) is 5.72. The Morgan fingerprint density at radius 1 is 1.43 bits per heavy atom. The van der Waals surface area contributed by atoms with Gasteiger partial charge in [-0.2, -0.15) is 0 Å². The Balaban J connectivity index is 2.04. The van der Waals surface area contributed by atoms with Crippen molar-refractivity contribution >= 4 is 5.97 Å². The van der Waals surface area contributed by atoms with Gasteiger partial charge in [-0.1, -0.05) is 19.3 Å². The van der Waals surface area contributed by atoms with Crippen LogP contribution in [0, 0.1) is 17.3 Å². The van der Waals surface area contributed by atoms with E-state index in [9.17, 15) is 4.79 Å². The Hall–Kier alpha value is -0.570. The van der Waals surface area contributed by atoms with Gasteiger partial charge in [0.15, 0.2) is 0 Å². The molecule has 3 heteroatoms. The van der Waals surface area contributed by atoms with Crippen molar-refractivity contribution in [3.05, 3.63) is 0 Å². The summed E-state index contributed by atoms with van der Waals surface area (Å²) in [7, 11) is 0. The highest BCUT2D eigenvalue weighted by Gasteiger charge is 2.53. The summed E-state index contributed by atoms with van der Waals surface area (Å²) >= 11 is 0. The maximum Gasteiger partial charge on any atom is 0.303 e. The van der Waals surface area contributed by atoms with Crippen LogP contribution in [0.5, 0.6) is 0 Å². The van der Waals surface area contributed by atoms with Crippen molar-refractivity contribution in [2.75, 3.05) is 6.54 Å². The summed E-state index contributed by atoms with van der Waals surface area (Å²) in [6.07, 6.45) is 6.43. The minimum Gasteiger partial charge on any atom is -0.481 e. The lowest BCUT2D eigenvalue weighted by Gasteiger charge is -2.57. The summed E-state index contributed by atoms with van der Waals surface area (Å²) in [6, 6.07) is 0. The molecule has 2 unspecified atom stereocenters. The third-order valence-electron chi connectivity index (χ3n) is 4.27. The third kappa shape index (κ3) is 1.44. The maximum absolute atomic E-state index is 10.8. The molecule has 3 N–H and O–H groups in total. The maximum atomic E-state index is 10.8. The van der Waals surface area contributed by atoms with Gasteiger partial charge in [0.2, 0.25) is 0 Å². The topological polar surface area (TPSA) is 63.3 Å². The molecule has 3 atom stereocenters. The highest BCUT2D eigenvalue weighted by molar-refractivity contribution is 5.68. The molecule has 2 saturated carbocycles. The van der Waals surface area contributed by atoms with E-state index in [4.69, 9.17) is 10.8 Å². The van der Waals surface area contributed by atoms with Crippen molar-refractivity contribution in [1.29, 1.82) is 0 Å². The molecule has 14 heavy (non-hydrogen) atoms. The van der Waals surface area contributed by atoms with Gasteiger partial charge in [-0.25, -0.2) is 0 Å². The average molecular weight is 197 g/mol. The van der Waals surface area contributed by atoms with Gasteiger partial charge in [0.1, 0.15) is 0 Å². The Morgan fingerprint density at radius 3 is 2.71 bits per heavy atom. The van der Waals surface area contributed by atoms with Crippen LogP contribution in [0.1, 0.15) is 38.5 Å². The van der Waals surface area contributed by atoms with Gasteiger partial charge in [-0.3, -0.25) is 4.79 Å². The zero-order valence-electron chi connectivity index (χ0n) is 8.54. The van der Waals surface area contributed by atoms with Crippen LogP contribution in [0.4, 0.5) is 0 Å².